The first-order valence-electron chi connectivity index (χ1n) is 6.85. The van der Waals surface area contributed by atoms with Gasteiger partial charge in [-0.2, -0.15) is 0 Å². The molecule has 1 fully saturated rings. The van der Waals surface area contributed by atoms with Crippen LogP contribution in [0, 0.1) is 12.7 Å². The van der Waals surface area contributed by atoms with Crippen LogP contribution < -0.4 is 10.6 Å². The van der Waals surface area contributed by atoms with Gasteiger partial charge in [-0.25, -0.2) is 4.39 Å². The fourth-order valence-electron chi connectivity index (χ4n) is 2.56. The average Bonchev–Trinajstić information content (AvgIpc) is 2.89. The van der Waals surface area contributed by atoms with E-state index in [0.29, 0.717) is 24.3 Å². The number of hydrogen-bond donors (Lipinski definition) is 2. The van der Waals surface area contributed by atoms with Crippen molar-refractivity contribution in [3.63, 3.8) is 0 Å². The number of nitrogens with one attached hydrogen (secondary N) is 2. The standard InChI is InChI=1S/C15H21FN2O2/c1-11-4-5-12(8-13(11)16)14(19)17-9-15(10-20-2)6-3-7-18-15/h4-5,8,18H,3,6-7,9-10H2,1-2H3,(H,17,19). The van der Waals surface area contributed by atoms with E-state index in [9.17, 15) is 9.18 Å². The van der Waals surface area contributed by atoms with E-state index < -0.39 is 0 Å². The summed E-state index contributed by atoms with van der Waals surface area (Å²) in [5, 5.41) is 6.25. The SMILES string of the molecule is COCC1(CNC(=O)c2ccc(C)c(F)c2)CCCN1. The van der Waals surface area contributed by atoms with Crippen LogP contribution in [-0.4, -0.2) is 38.3 Å². The summed E-state index contributed by atoms with van der Waals surface area (Å²) in [6.07, 6.45) is 2.03. The number of hydrogen-bond acceptors (Lipinski definition) is 3. The number of ether oxygens (including phenoxy) is 1. The van der Waals surface area contributed by atoms with Crippen molar-refractivity contribution in [2.75, 3.05) is 26.8 Å². The Labute approximate surface area is 118 Å². The van der Waals surface area contributed by atoms with Gasteiger partial charge < -0.3 is 15.4 Å². The Bertz CT molecular complexity index is 485. The van der Waals surface area contributed by atoms with Crippen LogP contribution in [0.25, 0.3) is 0 Å². The highest BCUT2D eigenvalue weighted by Crippen LogP contribution is 2.19. The maximum atomic E-state index is 13.5. The quantitative estimate of drug-likeness (QED) is 0.862. The molecule has 1 heterocycles. The van der Waals surface area contributed by atoms with Crippen LogP contribution in [-0.2, 0) is 4.74 Å². The molecule has 0 spiro atoms. The molecule has 0 bridgehead atoms. The van der Waals surface area contributed by atoms with Crippen molar-refractivity contribution in [2.45, 2.75) is 25.3 Å². The summed E-state index contributed by atoms with van der Waals surface area (Å²) in [7, 11) is 1.65. The minimum Gasteiger partial charge on any atom is -0.383 e. The Morgan fingerprint density at radius 1 is 1.55 bits per heavy atom. The second-order valence-corrected chi connectivity index (χ2v) is 5.39. The topological polar surface area (TPSA) is 50.4 Å². The van der Waals surface area contributed by atoms with Gasteiger partial charge in [0.2, 0.25) is 0 Å². The first-order valence-corrected chi connectivity index (χ1v) is 6.85. The molecule has 1 aliphatic heterocycles. The number of methoxy groups -OCH3 is 1. The fourth-order valence-corrected chi connectivity index (χ4v) is 2.56. The Kier molecular flexibility index (Phi) is 4.73. The zero-order chi connectivity index (χ0) is 14.6. The van der Waals surface area contributed by atoms with Crippen LogP contribution in [0.2, 0.25) is 0 Å². The zero-order valence-corrected chi connectivity index (χ0v) is 12.0. The summed E-state index contributed by atoms with van der Waals surface area (Å²) in [6, 6.07) is 4.53. The molecule has 1 aromatic carbocycles. The van der Waals surface area contributed by atoms with Crippen LogP contribution in [0.4, 0.5) is 4.39 Å². The lowest BCUT2D eigenvalue weighted by molar-refractivity contribution is 0.0892. The normalized spacial score (nSPS) is 21.9. The Hall–Kier alpha value is -1.46. The maximum Gasteiger partial charge on any atom is 0.251 e. The van der Waals surface area contributed by atoms with Crippen molar-refractivity contribution in [1.29, 1.82) is 0 Å². The first-order chi connectivity index (χ1) is 9.56. The monoisotopic (exact) mass is 280 g/mol. The smallest absolute Gasteiger partial charge is 0.251 e. The van der Waals surface area contributed by atoms with E-state index in [4.69, 9.17) is 4.74 Å². The lowest BCUT2D eigenvalue weighted by atomic mass is 9.98. The number of carbonyl (C=O) groups excluding carboxylic acids is 1. The Balaban J connectivity index is 1.98. The lowest BCUT2D eigenvalue weighted by Gasteiger charge is -2.29. The average molecular weight is 280 g/mol. The number of benzene rings is 1. The van der Waals surface area contributed by atoms with Crippen LogP contribution in [0.1, 0.15) is 28.8 Å². The summed E-state index contributed by atoms with van der Waals surface area (Å²) in [6.45, 7) is 3.64. The number of halogens is 1. The predicted molar refractivity (Wildman–Crippen MR) is 75.3 cm³/mol. The van der Waals surface area contributed by atoms with Gasteiger partial charge in [-0.05, 0) is 44.0 Å². The molecule has 4 nitrogen and oxygen atoms in total. The minimum absolute atomic E-state index is 0.201. The third kappa shape index (κ3) is 3.35. The molecule has 2 rings (SSSR count). The van der Waals surface area contributed by atoms with Crippen molar-refractivity contribution in [3.8, 4) is 0 Å². The van der Waals surface area contributed by atoms with Gasteiger partial charge in [-0.1, -0.05) is 6.07 Å². The molecular weight excluding hydrogens is 259 g/mol. The van der Waals surface area contributed by atoms with Crippen LogP contribution in [0.15, 0.2) is 18.2 Å². The van der Waals surface area contributed by atoms with E-state index in [1.807, 2.05) is 0 Å². The molecule has 1 amide bonds. The number of carbonyl (C=O) groups is 1. The molecule has 1 atom stereocenters. The number of rotatable bonds is 5. The molecule has 0 saturated carbocycles. The largest absolute Gasteiger partial charge is 0.383 e. The first kappa shape index (κ1) is 14.9. The molecule has 2 N–H and O–H groups in total. The third-order valence-corrected chi connectivity index (χ3v) is 3.77. The van der Waals surface area contributed by atoms with E-state index in [-0.39, 0.29) is 17.3 Å². The fraction of sp³-hybridized carbons (Fsp3) is 0.533. The van der Waals surface area contributed by atoms with Crippen LogP contribution in [0.3, 0.4) is 0 Å². The van der Waals surface area contributed by atoms with Crippen LogP contribution in [0.5, 0.6) is 0 Å². The van der Waals surface area contributed by atoms with E-state index in [0.717, 1.165) is 19.4 Å². The van der Waals surface area contributed by atoms with Gasteiger partial charge in [0.25, 0.3) is 5.91 Å². The molecule has 1 unspecified atom stereocenters. The molecule has 0 aliphatic carbocycles. The van der Waals surface area contributed by atoms with Crippen molar-refractivity contribution < 1.29 is 13.9 Å². The molecule has 0 aromatic heterocycles. The molecule has 110 valence electrons. The third-order valence-electron chi connectivity index (χ3n) is 3.77. The molecule has 20 heavy (non-hydrogen) atoms. The highest BCUT2D eigenvalue weighted by Gasteiger charge is 2.33. The summed E-state index contributed by atoms with van der Waals surface area (Å²) in [5.41, 5.74) is 0.682. The second kappa shape index (κ2) is 6.33. The van der Waals surface area contributed by atoms with Gasteiger partial charge in [-0.3, -0.25) is 4.79 Å². The summed E-state index contributed by atoms with van der Waals surface area (Å²) < 4.78 is 18.7. The Morgan fingerprint density at radius 2 is 2.35 bits per heavy atom. The van der Waals surface area contributed by atoms with E-state index in [1.54, 1.807) is 26.2 Å². The summed E-state index contributed by atoms with van der Waals surface area (Å²) in [4.78, 5) is 12.1. The van der Waals surface area contributed by atoms with E-state index >= 15 is 0 Å². The van der Waals surface area contributed by atoms with Crippen LogP contribution >= 0.6 is 0 Å². The molecular formula is C15H21FN2O2. The summed E-state index contributed by atoms with van der Waals surface area (Å²) in [5.74, 6) is -0.615. The highest BCUT2D eigenvalue weighted by atomic mass is 19.1. The van der Waals surface area contributed by atoms with Gasteiger partial charge in [0.05, 0.1) is 12.1 Å². The van der Waals surface area contributed by atoms with E-state index in [1.165, 1.54) is 6.07 Å². The molecule has 5 heteroatoms. The number of amides is 1. The molecule has 1 aliphatic rings. The molecule has 0 radical (unpaired) electrons. The Morgan fingerprint density at radius 3 is 2.95 bits per heavy atom. The minimum atomic E-state index is -0.358. The highest BCUT2D eigenvalue weighted by molar-refractivity contribution is 5.94. The maximum absolute atomic E-state index is 13.5. The zero-order valence-electron chi connectivity index (χ0n) is 12.0. The number of aryl methyl sites for hydroxylation is 1. The second-order valence-electron chi connectivity index (χ2n) is 5.39. The van der Waals surface area contributed by atoms with Gasteiger partial charge in [-0.15, -0.1) is 0 Å². The van der Waals surface area contributed by atoms with E-state index in [2.05, 4.69) is 10.6 Å². The summed E-state index contributed by atoms with van der Waals surface area (Å²) >= 11 is 0. The molecule has 1 saturated heterocycles. The van der Waals surface area contributed by atoms with Crippen molar-refractivity contribution in [1.82, 2.24) is 10.6 Å². The van der Waals surface area contributed by atoms with Gasteiger partial charge in [0.1, 0.15) is 5.82 Å². The van der Waals surface area contributed by atoms with Crippen molar-refractivity contribution >= 4 is 5.91 Å². The van der Waals surface area contributed by atoms with Gasteiger partial charge in [0.15, 0.2) is 0 Å². The van der Waals surface area contributed by atoms with Gasteiger partial charge in [0, 0.05) is 19.2 Å². The predicted octanol–water partition coefficient (Wildman–Crippen LogP) is 1.63. The molecule has 1 aromatic rings. The van der Waals surface area contributed by atoms with Gasteiger partial charge >= 0.3 is 0 Å². The lowest BCUT2D eigenvalue weighted by Crippen LogP contribution is -2.53. The van der Waals surface area contributed by atoms with Crippen molar-refractivity contribution in [2.24, 2.45) is 0 Å². The van der Waals surface area contributed by atoms with Crippen molar-refractivity contribution in [3.05, 3.63) is 35.1 Å².